The van der Waals surface area contributed by atoms with Gasteiger partial charge in [0.15, 0.2) is 0 Å². The standard InChI is InChI=1S/C26H29NO3.C25H23NO3.C22H22FN3OS/c1-20(2)30-19-22-13-15-23(16-14-22)26(28)27(17-21-9-5-4-6-10-21)18-24-11-7-8-12-25(24)29-3;1-19-14-15-23(29-19)18-26(17-22-13-8-16-28-22)25(27)24(20-9-4-2-5-10-20)21-11-6-3-7-12-21;1-16(27-2)22-25-21(15-28-22)14-26(13-19-4-3-5-20(23)10-19)12-18-8-6-17(11-24)7-9-18/h4-16,20H,17-19H2,1-3H3;2-16,24H,17-18H2,1H3;3-10,15-16H,12-14H2,1-2H3. The van der Waals surface area contributed by atoms with Gasteiger partial charge in [0.1, 0.15) is 40.0 Å². The Balaban J connectivity index is 0.000000169. The Labute approximate surface area is 514 Å². The molecule has 1 unspecified atom stereocenters. The summed E-state index contributed by atoms with van der Waals surface area (Å²) in [6, 6.07) is 69.2. The first-order chi connectivity index (χ1) is 42.3. The molecule has 10 rings (SSSR count). The van der Waals surface area contributed by atoms with E-state index in [2.05, 4.69) is 16.0 Å². The monoisotopic (exact) mass is 1180 g/mol. The minimum absolute atomic E-state index is 0.00727. The summed E-state index contributed by atoms with van der Waals surface area (Å²) in [5.41, 5.74) is 9.31. The molecule has 0 aliphatic rings. The number of ether oxygens (including phenoxy) is 3. The topological polar surface area (TPSA) is 135 Å². The van der Waals surface area contributed by atoms with Gasteiger partial charge in [0.05, 0.1) is 62.4 Å². The van der Waals surface area contributed by atoms with Crippen LogP contribution in [0.25, 0.3) is 0 Å². The number of methoxy groups -OCH3 is 2. The predicted molar refractivity (Wildman–Crippen MR) is 339 cm³/mol. The number of nitrogens with zero attached hydrogens (tertiary/aromatic N) is 5. The summed E-state index contributed by atoms with van der Waals surface area (Å²) in [6.07, 6.45) is 1.77. The van der Waals surface area contributed by atoms with Crippen LogP contribution in [0.5, 0.6) is 5.75 Å². The molecule has 0 aliphatic carbocycles. The van der Waals surface area contributed by atoms with Gasteiger partial charge in [0, 0.05) is 56.3 Å². The number of hydrogen-bond donors (Lipinski definition) is 0. The highest BCUT2D eigenvalue weighted by Crippen LogP contribution is 2.30. The zero-order valence-electron chi connectivity index (χ0n) is 50.1. The van der Waals surface area contributed by atoms with E-state index in [0.717, 1.165) is 72.7 Å². The molecule has 3 heterocycles. The van der Waals surface area contributed by atoms with E-state index in [-0.39, 0.29) is 29.8 Å². The highest BCUT2D eigenvalue weighted by Gasteiger charge is 2.29. The molecular formula is C73H74FN5O7S. The number of benzene rings is 7. The minimum atomic E-state index is -0.400. The van der Waals surface area contributed by atoms with Crippen molar-refractivity contribution < 1.29 is 37.0 Å². The molecule has 446 valence electrons. The average molecular weight is 1180 g/mol. The molecule has 0 saturated heterocycles. The maximum Gasteiger partial charge on any atom is 0.254 e. The molecule has 14 heteroatoms. The number of nitriles is 1. The van der Waals surface area contributed by atoms with Gasteiger partial charge in [-0.3, -0.25) is 14.5 Å². The molecule has 10 aromatic rings. The smallest absolute Gasteiger partial charge is 0.254 e. The Morgan fingerprint density at radius 2 is 1.24 bits per heavy atom. The molecule has 87 heavy (non-hydrogen) atoms. The summed E-state index contributed by atoms with van der Waals surface area (Å²) in [5.74, 6) is 2.46. The van der Waals surface area contributed by atoms with E-state index in [1.54, 1.807) is 48.9 Å². The summed E-state index contributed by atoms with van der Waals surface area (Å²) in [5, 5.41) is 12.0. The fourth-order valence-electron chi connectivity index (χ4n) is 9.66. The van der Waals surface area contributed by atoms with E-state index in [9.17, 15) is 14.0 Å². The van der Waals surface area contributed by atoms with Gasteiger partial charge >= 0.3 is 0 Å². The number of carbonyl (C=O) groups excluding carboxylic acids is 2. The van der Waals surface area contributed by atoms with E-state index < -0.39 is 5.92 Å². The van der Waals surface area contributed by atoms with Gasteiger partial charge in [0.2, 0.25) is 5.91 Å². The number of hydrogen-bond acceptors (Lipinski definition) is 11. The average Bonchev–Trinajstić information content (AvgIpc) is 4.38. The Morgan fingerprint density at radius 1 is 0.621 bits per heavy atom. The molecule has 0 bridgehead atoms. The number of aromatic nitrogens is 1. The van der Waals surface area contributed by atoms with Crippen molar-refractivity contribution >= 4 is 23.2 Å². The first-order valence-electron chi connectivity index (χ1n) is 28.9. The molecule has 3 aromatic heterocycles. The first-order valence-corrected chi connectivity index (χ1v) is 29.8. The van der Waals surface area contributed by atoms with Gasteiger partial charge in [-0.25, -0.2) is 9.37 Å². The molecular weight excluding hydrogens is 1110 g/mol. The summed E-state index contributed by atoms with van der Waals surface area (Å²) < 4.78 is 41.4. The van der Waals surface area contributed by atoms with E-state index in [4.69, 9.17) is 28.3 Å². The third-order valence-corrected chi connectivity index (χ3v) is 15.2. The summed E-state index contributed by atoms with van der Waals surface area (Å²) in [7, 11) is 3.33. The van der Waals surface area contributed by atoms with Crippen LogP contribution >= 0.6 is 11.3 Å². The molecule has 0 saturated carbocycles. The van der Waals surface area contributed by atoms with Crippen LogP contribution in [-0.4, -0.2) is 51.8 Å². The number of para-hydroxylation sites is 1. The van der Waals surface area contributed by atoms with Crippen LogP contribution in [-0.2, 0) is 66.7 Å². The first kappa shape index (κ1) is 63.8. The largest absolute Gasteiger partial charge is 0.496 e. The van der Waals surface area contributed by atoms with Gasteiger partial charge in [-0.05, 0) is 128 Å². The molecule has 1 atom stereocenters. The van der Waals surface area contributed by atoms with Crippen molar-refractivity contribution in [3.05, 3.63) is 308 Å². The SMILES string of the molecule is COC(C)c1nc(CN(Cc2ccc(C#N)cc2)Cc2cccc(F)c2)cs1.COc1ccccc1CN(Cc1ccccc1)C(=O)c1ccc(COC(C)C)cc1.Cc1ccc(CN(Cc2ccco2)C(=O)C(c2ccccc2)c2ccccc2)o1. The van der Waals surface area contributed by atoms with Crippen molar-refractivity contribution in [2.24, 2.45) is 0 Å². The number of rotatable bonds is 24. The molecule has 0 fully saturated rings. The quantitative estimate of drug-likeness (QED) is 0.0575. The van der Waals surface area contributed by atoms with E-state index in [1.165, 1.54) is 6.07 Å². The number of halogens is 1. The van der Waals surface area contributed by atoms with Crippen LogP contribution < -0.4 is 4.74 Å². The minimum Gasteiger partial charge on any atom is -0.496 e. The Bertz CT molecular complexity index is 3660. The normalized spacial score (nSPS) is 11.3. The van der Waals surface area contributed by atoms with Crippen molar-refractivity contribution in [3.63, 3.8) is 0 Å². The summed E-state index contributed by atoms with van der Waals surface area (Å²) >= 11 is 1.59. The van der Waals surface area contributed by atoms with Crippen LogP contribution in [0.3, 0.4) is 0 Å². The maximum atomic E-state index is 13.8. The van der Waals surface area contributed by atoms with Crippen molar-refractivity contribution in [2.75, 3.05) is 14.2 Å². The lowest BCUT2D eigenvalue weighted by atomic mass is 9.90. The van der Waals surface area contributed by atoms with Crippen molar-refractivity contribution in [1.29, 1.82) is 5.26 Å². The lowest BCUT2D eigenvalue weighted by molar-refractivity contribution is -0.133. The summed E-state index contributed by atoms with van der Waals surface area (Å²) in [6.45, 7) is 12.1. The van der Waals surface area contributed by atoms with Crippen molar-refractivity contribution in [3.8, 4) is 11.8 Å². The molecule has 0 spiro atoms. The number of furan rings is 2. The number of thiazole rings is 1. The number of carbonyl (C=O) groups is 2. The van der Waals surface area contributed by atoms with Gasteiger partial charge in [-0.15, -0.1) is 11.3 Å². The lowest BCUT2D eigenvalue weighted by Crippen LogP contribution is -2.34. The molecule has 0 aliphatic heterocycles. The third kappa shape index (κ3) is 19.7. The van der Waals surface area contributed by atoms with E-state index in [1.807, 2.05) is 232 Å². The predicted octanol–water partition coefficient (Wildman–Crippen LogP) is 16.1. The van der Waals surface area contributed by atoms with Crippen LogP contribution in [0.15, 0.2) is 233 Å². The van der Waals surface area contributed by atoms with Gasteiger partial charge in [-0.1, -0.05) is 146 Å². The highest BCUT2D eigenvalue weighted by molar-refractivity contribution is 7.09. The second-order valence-electron chi connectivity index (χ2n) is 21.2. The summed E-state index contributed by atoms with van der Waals surface area (Å²) in [4.78, 5) is 37.8. The highest BCUT2D eigenvalue weighted by atomic mass is 32.1. The van der Waals surface area contributed by atoms with Crippen LogP contribution in [0.2, 0.25) is 0 Å². The molecule has 2 amide bonds. The number of aryl methyl sites for hydroxylation is 1. The van der Waals surface area contributed by atoms with Crippen LogP contribution in [0.4, 0.5) is 4.39 Å². The van der Waals surface area contributed by atoms with Crippen molar-refractivity contribution in [1.82, 2.24) is 19.7 Å². The molecule has 0 radical (unpaired) electrons. The van der Waals surface area contributed by atoms with Crippen LogP contribution in [0, 0.1) is 24.1 Å². The van der Waals surface area contributed by atoms with Crippen LogP contribution in [0.1, 0.15) is 116 Å². The second-order valence-corrected chi connectivity index (χ2v) is 22.1. The Kier molecular flexibility index (Phi) is 24.1. The zero-order valence-corrected chi connectivity index (χ0v) is 50.9. The Hall–Kier alpha value is -9.23. The third-order valence-electron chi connectivity index (χ3n) is 14.2. The Morgan fingerprint density at radius 3 is 1.85 bits per heavy atom. The fraction of sp³-hybridized carbons (Fsp3) is 0.233. The number of amides is 2. The van der Waals surface area contributed by atoms with E-state index in [0.29, 0.717) is 63.5 Å². The van der Waals surface area contributed by atoms with E-state index >= 15 is 0 Å². The molecule has 7 aromatic carbocycles. The van der Waals surface area contributed by atoms with Gasteiger partial charge in [0.25, 0.3) is 5.91 Å². The molecule has 0 N–H and O–H groups in total. The maximum absolute atomic E-state index is 13.8. The second kappa shape index (κ2) is 32.9. The zero-order chi connectivity index (χ0) is 61.3. The van der Waals surface area contributed by atoms with Crippen molar-refractivity contribution in [2.45, 2.75) is 98.2 Å². The fourth-order valence-corrected chi connectivity index (χ4v) is 10.5. The van der Waals surface area contributed by atoms with Gasteiger partial charge in [-0.2, -0.15) is 5.26 Å². The molecule has 12 nitrogen and oxygen atoms in total. The van der Waals surface area contributed by atoms with Gasteiger partial charge < -0.3 is 32.8 Å². The lowest BCUT2D eigenvalue weighted by Gasteiger charge is -2.27.